The van der Waals surface area contributed by atoms with E-state index in [1.807, 2.05) is 0 Å². The Balaban J connectivity index is 0.000000280. The molecule has 0 radical (unpaired) electrons. The van der Waals surface area contributed by atoms with Crippen molar-refractivity contribution in [2.24, 2.45) is 11.8 Å². The minimum atomic E-state index is -4.94. The maximum Gasteiger partial charge on any atom is 0.339 e. The Labute approximate surface area is 109 Å². The van der Waals surface area contributed by atoms with Gasteiger partial charge < -0.3 is 4.74 Å². The van der Waals surface area contributed by atoms with Gasteiger partial charge in [0.05, 0.1) is 5.92 Å². The largest absolute Gasteiger partial charge is 0.441 e. The van der Waals surface area contributed by atoms with Crippen molar-refractivity contribution in [2.45, 2.75) is 39.7 Å². The van der Waals surface area contributed by atoms with Crippen LogP contribution in [0.4, 0.5) is 0 Å². The van der Waals surface area contributed by atoms with E-state index in [4.69, 9.17) is 23.4 Å². The summed E-state index contributed by atoms with van der Waals surface area (Å²) >= 11 is 0. The lowest BCUT2D eigenvalue weighted by Gasteiger charge is -2.17. The monoisotopic (exact) mass is 281 g/mol. The van der Waals surface area contributed by atoms with Gasteiger partial charge in [-0.25, -0.2) is 18.6 Å². The average Bonchev–Trinajstić information content (AvgIpc) is 2.58. The van der Waals surface area contributed by atoms with Crippen LogP contribution in [0.1, 0.15) is 33.6 Å². The van der Waals surface area contributed by atoms with Gasteiger partial charge in [-0.1, -0.05) is 6.92 Å². The number of rotatable bonds is 0. The Morgan fingerprint density at radius 1 is 1.11 bits per heavy atom. The fourth-order valence-electron chi connectivity index (χ4n) is 2.81. The van der Waals surface area contributed by atoms with Gasteiger partial charge in [-0.2, -0.15) is 4.58 Å². The molecule has 0 aromatic rings. The van der Waals surface area contributed by atoms with Crippen LogP contribution in [0, 0.1) is 22.1 Å². The first-order chi connectivity index (χ1) is 8.18. The first-order valence-corrected chi connectivity index (χ1v) is 7.30. The molecule has 0 bridgehead atoms. The van der Waals surface area contributed by atoms with E-state index in [0.29, 0.717) is 12.0 Å². The van der Waals surface area contributed by atoms with Gasteiger partial charge in [-0.15, -0.1) is 10.2 Å². The molecule has 0 N–H and O–H groups in total. The molecule has 0 aromatic carbocycles. The van der Waals surface area contributed by atoms with Gasteiger partial charge >= 0.3 is 5.90 Å². The number of nitrogens with zero attached hydrogens (tertiary/aromatic N) is 1. The van der Waals surface area contributed by atoms with Crippen LogP contribution >= 0.6 is 0 Å². The van der Waals surface area contributed by atoms with E-state index in [1.54, 1.807) is 0 Å². The fourth-order valence-corrected chi connectivity index (χ4v) is 2.81. The second kappa shape index (κ2) is 6.16. The second-order valence-corrected chi connectivity index (χ2v) is 5.84. The van der Waals surface area contributed by atoms with E-state index in [0.717, 1.165) is 19.1 Å². The molecule has 0 amide bonds. The summed E-state index contributed by atoms with van der Waals surface area (Å²) in [5.41, 5.74) is 0. The summed E-state index contributed by atoms with van der Waals surface area (Å²) < 4.78 is 42.1. The Hall–Kier alpha value is -0.400. The van der Waals surface area contributed by atoms with Crippen molar-refractivity contribution in [1.82, 2.24) is 0 Å². The summed E-state index contributed by atoms with van der Waals surface area (Å²) in [6, 6.07) is 0.678. The van der Waals surface area contributed by atoms with Crippen LogP contribution in [-0.4, -0.2) is 29.7 Å². The highest BCUT2D eigenvalue weighted by molar-refractivity contribution is 5.74. The molecule has 0 spiro atoms. The van der Waals surface area contributed by atoms with Crippen LogP contribution in [0.5, 0.6) is 0 Å². The Bertz CT molecular complexity index is 287. The molecule has 3 atom stereocenters. The van der Waals surface area contributed by atoms with Crippen molar-refractivity contribution in [3.8, 4) is 0 Å². The molecule has 2 heterocycles. The molecular formula is C11H20ClNO5. The second-order valence-electron chi connectivity index (χ2n) is 5.08. The van der Waals surface area contributed by atoms with Crippen LogP contribution in [0.3, 0.4) is 0 Å². The van der Waals surface area contributed by atoms with Crippen molar-refractivity contribution >= 4 is 5.90 Å². The van der Waals surface area contributed by atoms with Crippen LogP contribution in [0.2, 0.25) is 0 Å². The third-order valence-electron chi connectivity index (χ3n) is 3.32. The maximum absolute atomic E-state index is 8.49. The molecule has 0 saturated heterocycles. The summed E-state index contributed by atoms with van der Waals surface area (Å²) in [4.78, 5) is 0. The third kappa shape index (κ3) is 5.07. The molecule has 2 aliphatic heterocycles. The van der Waals surface area contributed by atoms with E-state index < -0.39 is 10.2 Å². The van der Waals surface area contributed by atoms with Crippen molar-refractivity contribution < 1.29 is 38.2 Å². The van der Waals surface area contributed by atoms with Gasteiger partial charge in [0.15, 0.2) is 19.2 Å². The van der Waals surface area contributed by atoms with Crippen molar-refractivity contribution in [2.75, 3.05) is 13.2 Å². The van der Waals surface area contributed by atoms with Gasteiger partial charge in [0.25, 0.3) is 0 Å². The fraction of sp³-hybridized carbons (Fsp3) is 0.909. The van der Waals surface area contributed by atoms with Gasteiger partial charge in [0, 0.05) is 6.42 Å². The minimum Gasteiger partial charge on any atom is -0.441 e. The first-order valence-electron chi connectivity index (χ1n) is 6.06. The van der Waals surface area contributed by atoms with Gasteiger partial charge in [0.2, 0.25) is 0 Å². The van der Waals surface area contributed by atoms with Crippen LogP contribution in [-0.2, 0) is 4.74 Å². The van der Waals surface area contributed by atoms with E-state index in [1.165, 1.54) is 18.7 Å². The maximum atomic E-state index is 8.49. The van der Waals surface area contributed by atoms with E-state index in [9.17, 15) is 0 Å². The van der Waals surface area contributed by atoms with Gasteiger partial charge in [0.1, 0.15) is 0 Å². The lowest BCUT2D eigenvalue weighted by Crippen LogP contribution is -2.68. The highest BCUT2D eigenvalue weighted by atomic mass is 35.7. The predicted octanol–water partition coefficient (Wildman–Crippen LogP) is -2.87. The lowest BCUT2D eigenvalue weighted by atomic mass is 9.94. The lowest BCUT2D eigenvalue weighted by molar-refractivity contribution is -2.00. The Morgan fingerprint density at radius 3 is 2.22 bits per heavy atom. The molecule has 0 aliphatic carbocycles. The first kappa shape index (κ1) is 15.7. The highest BCUT2D eigenvalue weighted by Gasteiger charge is 2.37. The molecule has 6 nitrogen and oxygen atoms in total. The van der Waals surface area contributed by atoms with Crippen molar-refractivity contribution in [1.29, 1.82) is 0 Å². The number of hydrogen-bond acceptors (Lipinski definition) is 5. The van der Waals surface area contributed by atoms with Crippen LogP contribution in [0.15, 0.2) is 0 Å². The zero-order chi connectivity index (χ0) is 13.9. The molecule has 7 heteroatoms. The molecule has 3 unspecified atom stereocenters. The molecule has 2 rings (SSSR count). The average molecular weight is 282 g/mol. The SMILES string of the molecule is CC1CC(C)C2=[N+](CCO2)C(C)C1.[O-][Cl+3]([O-])([O-])[O-]. The summed E-state index contributed by atoms with van der Waals surface area (Å²) in [5.74, 6) is 2.73. The van der Waals surface area contributed by atoms with Gasteiger partial charge in [-0.05, 0) is 26.2 Å². The zero-order valence-corrected chi connectivity index (χ0v) is 11.7. The smallest absolute Gasteiger partial charge is 0.339 e. The standard InChI is InChI=1S/C11H20NO.ClHO4/c1-8-6-9(2)11-12(4-5-13-11)10(3)7-8;2-1(3,4)5/h8-10H,4-7H2,1-3H3;(H,2,3,4,5)/q+1;/p-1. The summed E-state index contributed by atoms with van der Waals surface area (Å²) in [5, 5.41) is 0. The number of hydrogen-bond donors (Lipinski definition) is 0. The molecule has 2 aliphatic rings. The third-order valence-corrected chi connectivity index (χ3v) is 3.32. The molecule has 0 saturated carbocycles. The highest BCUT2D eigenvalue weighted by Crippen LogP contribution is 2.25. The summed E-state index contributed by atoms with van der Waals surface area (Å²) in [7, 11) is -4.94. The van der Waals surface area contributed by atoms with E-state index in [-0.39, 0.29) is 0 Å². The normalized spacial score (nSPS) is 32.1. The summed E-state index contributed by atoms with van der Waals surface area (Å²) in [6.07, 6.45) is 2.60. The Kier molecular flexibility index (Phi) is 5.36. The number of ether oxygens (including phenoxy) is 1. The zero-order valence-electron chi connectivity index (χ0n) is 10.9. The summed E-state index contributed by atoms with van der Waals surface area (Å²) in [6.45, 7) is 8.98. The number of halogens is 1. The molecule has 0 fully saturated rings. The predicted molar refractivity (Wildman–Crippen MR) is 53.1 cm³/mol. The quantitative estimate of drug-likeness (QED) is 0.444. The van der Waals surface area contributed by atoms with Crippen molar-refractivity contribution in [3.63, 3.8) is 0 Å². The van der Waals surface area contributed by atoms with Crippen LogP contribution in [0.25, 0.3) is 0 Å². The molecular weight excluding hydrogens is 262 g/mol. The van der Waals surface area contributed by atoms with E-state index in [2.05, 4.69) is 25.3 Å². The van der Waals surface area contributed by atoms with E-state index >= 15 is 0 Å². The molecule has 106 valence electrons. The molecule has 18 heavy (non-hydrogen) atoms. The van der Waals surface area contributed by atoms with Gasteiger partial charge in [-0.3, -0.25) is 0 Å². The topological polar surface area (TPSA) is 104 Å². The Morgan fingerprint density at radius 2 is 1.67 bits per heavy atom. The van der Waals surface area contributed by atoms with Crippen LogP contribution < -0.4 is 18.6 Å². The van der Waals surface area contributed by atoms with Crippen molar-refractivity contribution in [3.05, 3.63) is 0 Å². The minimum absolute atomic E-state index is 0.627. The molecule has 0 aromatic heterocycles.